The molecule has 0 unspecified atom stereocenters. The first kappa shape index (κ1) is 13.3. The molecule has 20 heavy (non-hydrogen) atoms. The van der Waals surface area contributed by atoms with Gasteiger partial charge in [0.15, 0.2) is 0 Å². The maximum absolute atomic E-state index is 12.9. The molecule has 0 aliphatic carbocycles. The first-order valence-electron chi connectivity index (χ1n) is 6.71. The van der Waals surface area contributed by atoms with Crippen LogP contribution in [0.4, 0.5) is 0 Å². The Morgan fingerprint density at radius 2 is 1.55 bits per heavy atom. The summed E-state index contributed by atoms with van der Waals surface area (Å²) in [5, 5.41) is 0. The van der Waals surface area contributed by atoms with Crippen LogP contribution in [0.15, 0.2) is 53.4 Å². The van der Waals surface area contributed by atoms with Crippen LogP contribution in [0.5, 0.6) is 0 Å². The molecular weight excluding hydrogens is 270 g/mol. The third kappa shape index (κ3) is 1.96. The second-order valence-electron chi connectivity index (χ2n) is 5.30. The van der Waals surface area contributed by atoms with Gasteiger partial charge in [0.25, 0.3) is 0 Å². The van der Waals surface area contributed by atoms with Gasteiger partial charge in [-0.1, -0.05) is 42.5 Å². The van der Waals surface area contributed by atoms with Gasteiger partial charge < -0.3 is 0 Å². The minimum atomic E-state index is -3.45. The van der Waals surface area contributed by atoms with Crippen molar-refractivity contribution in [2.45, 2.75) is 31.3 Å². The van der Waals surface area contributed by atoms with Crippen LogP contribution < -0.4 is 0 Å². The number of benzene rings is 2. The number of fused-ring (bicyclic) bond motifs is 3. The van der Waals surface area contributed by atoms with Crippen LogP contribution in [0.25, 0.3) is 11.1 Å². The molecule has 1 aliphatic rings. The molecule has 3 nitrogen and oxygen atoms in total. The Balaban J connectivity index is 2.36. The Kier molecular flexibility index (Phi) is 3.15. The second kappa shape index (κ2) is 4.72. The van der Waals surface area contributed by atoms with Gasteiger partial charge in [-0.2, -0.15) is 4.31 Å². The summed E-state index contributed by atoms with van der Waals surface area (Å²) in [6.07, 6.45) is 0. The molecular formula is C16H17NO2S. The van der Waals surface area contributed by atoms with Crippen molar-refractivity contribution < 1.29 is 8.42 Å². The van der Waals surface area contributed by atoms with Crippen molar-refractivity contribution >= 4 is 10.0 Å². The van der Waals surface area contributed by atoms with Gasteiger partial charge in [0.1, 0.15) is 0 Å². The summed E-state index contributed by atoms with van der Waals surface area (Å²) in [5.41, 5.74) is 2.86. The fourth-order valence-corrected chi connectivity index (χ4v) is 4.50. The smallest absolute Gasteiger partial charge is 0.207 e. The molecule has 2 aromatic carbocycles. The van der Waals surface area contributed by atoms with Crippen LogP contribution in [0.3, 0.4) is 0 Å². The molecule has 1 heterocycles. The topological polar surface area (TPSA) is 37.4 Å². The van der Waals surface area contributed by atoms with Crippen LogP contribution in [0, 0.1) is 0 Å². The Morgan fingerprint density at radius 1 is 0.950 bits per heavy atom. The average molecular weight is 287 g/mol. The lowest BCUT2D eigenvalue weighted by molar-refractivity contribution is 0.350. The van der Waals surface area contributed by atoms with Crippen LogP contribution in [0.1, 0.15) is 19.4 Å². The van der Waals surface area contributed by atoms with E-state index in [0.717, 1.165) is 16.7 Å². The Hall–Kier alpha value is -1.65. The zero-order valence-electron chi connectivity index (χ0n) is 11.6. The maximum Gasteiger partial charge on any atom is 0.244 e. The number of hydrogen-bond donors (Lipinski definition) is 0. The SMILES string of the molecule is CC(C)N1Cc2ccccc2-c2ccccc2S1(=O)=O. The highest BCUT2D eigenvalue weighted by atomic mass is 32.2. The minimum Gasteiger partial charge on any atom is -0.207 e. The number of hydrogen-bond acceptors (Lipinski definition) is 2. The van der Waals surface area contributed by atoms with E-state index in [-0.39, 0.29) is 6.04 Å². The summed E-state index contributed by atoms with van der Waals surface area (Å²) in [5.74, 6) is 0. The molecule has 4 heteroatoms. The lowest BCUT2D eigenvalue weighted by atomic mass is 9.99. The summed E-state index contributed by atoms with van der Waals surface area (Å²) in [4.78, 5) is 0.402. The van der Waals surface area contributed by atoms with Gasteiger partial charge in [-0.25, -0.2) is 8.42 Å². The Bertz CT molecular complexity index is 751. The van der Waals surface area contributed by atoms with Gasteiger partial charge in [0.05, 0.1) is 4.90 Å². The normalized spacial score (nSPS) is 17.4. The third-order valence-electron chi connectivity index (χ3n) is 3.68. The van der Waals surface area contributed by atoms with Crippen molar-refractivity contribution in [2.75, 3.05) is 0 Å². The lowest BCUT2D eigenvalue weighted by Crippen LogP contribution is -2.35. The van der Waals surface area contributed by atoms with Crippen LogP contribution in [-0.4, -0.2) is 18.8 Å². The van der Waals surface area contributed by atoms with Crippen LogP contribution in [0.2, 0.25) is 0 Å². The van der Waals surface area contributed by atoms with Crippen molar-refractivity contribution in [3.05, 3.63) is 54.1 Å². The lowest BCUT2D eigenvalue weighted by Gasteiger charge is -2.24. The summed E-state index contributed by atoms with van der Waals surface area (Å²) >= 11 is 0. The molecule has 3 rings (SSSR count). The minimum absolute atomic E-state index is 0.0702. The Labute approximate surface area is 119 Å². The monoisotopic (exact) mass is 287 g/mol. The first-order valence-corrected chi connectivity index (χ1v) is 8.15. The van der Waals surface area contributed by atoms with E-state index in [9.17, 15) is 8.42 Å². The predicted molar refractivity (Wildman–Crippen MR) is 79.7 cm³/mol. The van der Waals surface area contributed by atoms with Crippen molar-refractivity contribution in [2.24, 2.45) is 0 Å². The number of rotatable bonds is 1. The number of nitrogens with zero attached hydrogens (tertiary/aromatic N) is 1. The molecule has 0 saturated carbocycles. The van der Waals surface area contributed by atoms with Gasteiger partial charge in [0, 0.05) is 18.2 Å². The zero-order valence-corrected chi connectivity index (χ0v) is 12.4. The zero-order chi connectivity index (χ0) is 14.3. The van der Waals surface area contributed by atoms with E-state index in [4.69, 9.17) is 0 Å². The standard InChI is InChI=1S/C16H17NO2S/c1-12(2)17-11-13-7-3-4-8-14(13)15-9-5-6-10-16(15)20(17,18)19/h3-10,12H,11H2,1-2H3. The molecule has 2 aromatic rings. The fourth-order valence-electron chi connectivity index (χ4n) is 2.67. The van der Waals surface area contributed by atoms with Gasteiger partial charge in [-0.3, -0.25) is 0 Å². The molecule has 0 spiro atoms. The number of sulfonamides is 1. The molecule has 0 atom stereocenters. The largest absolute Gasteiger partial charge is 0.244 e. The van der Waals surface area contributed by atoms with E-state index in [2.05, 4.69) is 0 Å². The van der Waals surface area contributed by atoms with E-state index in [1.54, 1.807) is 16.4 Å². The fraction of sp³-hybridized carbons (Fsp3) is 0.250. The summed E-state index contributed by atoms with van der Waals surface area (Å²) in [6.45, 7) is 4.24. The van der Waals surface area contributed by atoms with Crippen LogP contribution >= 0.6 is 0 Å². The summed E-state index contributed by atoms with van der Waals surface area (Å²) < 4.78 is 27.3. The Morgan fingerprint density at radius 3 is 2.25 bits per heavy atom. The molecule has 0 radical (unpaired) electrons. The highest BCUT2D eigenvalue weighted by Crippen LogP contribution is 2.37. The molecule has 0 amide bonds. The first-order chi connectivity index (χ1) is 9.51. The van der Waals surface area contributed by atoms with E-state index in [0.29, 0.717) is 11.4 Å². The second-order valence-corrected chi connectivity index (χ2v) is 7.16. The molecule has 1 aliphatic heterocycles. The highest BCUT2D eigenvalue weighted by molar-refractivity contribution is 7.89. The van der Waals surface area contributed by atoms with E-state index < -0.39 is 10.0 Å². The molecule has 0 bridgehead atoms. The summed E-state index contributed by atoms with van der Waals surface area (Å²) in [6, 6.07) is 15.1. The summed E-state index contributed by atoms with van der Waals surface area (Å²) in [7, 11) is -3.45. The van der Waals surface area contributed by atoms with E-state index >= 15 is 0 Å². The highest BCUT2D eigenvalue weighted by Gasteiger charge is 2.33. The van der Waals surface area contributed by atoms with Crippen molar-refractivity contribution in [1.82, 2.24) is 4.31 Å². The van der Waals surface area contributed by atoms with Crippen molar-refractivity contribution in [3.63, 3.8) is 0 Å². The van der Waals surface area contributed by atoms with Gasteiger partial charge >= 0.3 is 0 Å². The van der Waals surface area contributed by atoms with Crippen molar-refractivity contribution in [1.29, 1.82) is 0 Å². The molecule has 104 valence electrons. The maximum atomic E-state index is 12.9. The molecule has 0 aromatic heterocycles. The average Bonchev–Trinajstić information content (AvgIpc) is 2.53. The van der Waals surface area contributed by atoms with E-state index in [1.807, 2.05) is 50.2 Å². The molecule has 0 saturated heterocycles. The predicted octanol–water partition coefficient (Wildman–Crippen LogP) is 3.27. The van der Waals surface area contributed by atoms with Gasteiger partial charge in [0.2, 0.25) is 10.0 Å². The van der Waals surface area contributed by atoms with E-state index in [1.165, 1.54) is 0 Å². The quantitative estimate of drug-likeness (QED) is 0.807. The van der Waals surface area contributed by atoms with Crippen molar-refractivity contribution in [3.8, 4) is 11.1 Å². The molecule has 0 N–H and O–H groups in total. The van der Waals surface area contributed by atoms with Gasteiger partial charge in [-0.05, 0) is 31.0 Å². The van der Waals surface area contributed by atoms with Crippen LogP contribution in [-0.2, 0) is 16.6 Å². The molecule has 0 fully saturated rings. The third-order valence-corrected chi connectivity index (χ3v) is 5.76. The van der Waals surface area contributed by atoms with Gasteiger partial charge in [-0.15, -0.1) is 0 Å².